The quantitative estimate of drug-likeness (QED) is 0.574. The Morgan fingerprint density at radius 3 is 2.60 bits per heavy atom. The van der Waals surface area contributed by atoms with E-state index in [-0.39, 0.29) is 17.9 Å². The van der Waals surface area contributed by atoms with Gasteiger partial charge in [-0.05, 0) is 24.2 Å². The van der Waals surface area contributed by atoms with Crippen molar-refractivity contribution in [1.82, 2.24) is 0 Å². The minimum Gasteiger partial charge on any atom is -0.481 e. The van der Waals surface area contributed by atoms with Crippen molar-refractivity contribution in [1.29, 1.82) is 0 Å². The van der Waals surface area contributed by atoms with Crippen LogP contribution in [0.2, 0.25) is 0 Å². The molecule has 0 unspecified atom stereocenters. The second kappa shape index (κ2) is 1.53. The average Bonchev–Trinajstić information content (AvgIpc) is 2.73. The molecule has 0 aromatic heterocycles. The molecule has 56 valence electrons. The molecular formula is C7H10O3. The molecular weight excluding hydrogens is 132 g/mol. The summed E-state index contributed by atoms with van der Waals surface area (Å²) in [4.78, 5) is 10.4. The molecule has 0 aromatic rings. The molecule has 2 aliphatic carbocycles. The van der Waals surface area contributed by atoms with Crippen LogP contribution in [0.1, 0.15) is 12.8 Å². The zero-order valence-electron chi connectivity index (χ0n) is 5.58. The van der Waals surface area contributed by atoms with Crippen molar-refractivity contribution in [3.8, 4) is 0 Å². The molecule has 1 spiro atoms. The van der Waals surface area contributed by atoms with Crippen LogP contribution in [-0.2, 0) is 4.79 Å². The van der Waals surface area contributed by atoms with Crippen LogP contribution in [-0.4, -0.2) is 22.8 Å². The first kappa shape index (κ1) is 6.16. The van der Waals surface area contributed by atoms with E-state index >= 15 is 0 Å². The molecule has 0 radical (unpaired) electrons. The molecule has 2 fully saturated rings. The van der Waals surface area contributed by atoms with E-state index in [4.69, 9.17) is 10.2 Å². The summed E-state index contributed by atoms with van der Waals surface area (Å²) >= 11 is 0. The number of hydrogen-bond acceptors (Lipinski definition) is 2. The fraction of sp³-hybridized carbons (Fsp3) is 0.857. The van der Waals surface area contributed by atoms with Gasteiger partial charge in [0.05, 0.1) is 5.92 Å². The predicted molar refractivity (Wildman–Crippen MR) is 33.4 cm³/mol. The lowest BCUT2D eigenvalue weighted by Crippen LogP contribution is -2.01. The maximum absolute atomic E-state index is 10.4. The molecule has 2 rings (SSSR count). The Hall–Kier alpha value is -0.570. The molecule has 0 bridgehead atoms. The number of aliphatic carboxylic acids is 1. The Kier molecular flexibility index (Phi) is 0.944. The van der Waals surface area contributed by atoms with Crippen LogP contribution in [0.5, 0.6) is 0 Å². The molecule has 3 atom stereocenters. The Balaban J connectivity index is 1.97. The number of aliphatic hydroxyl groups excluding tert-OH is 1. The van der Waals surface area contributed by atoms with E-state index in [1.807, 2.05) is 0 Å². The molecule has 0 aliphatic heterocycles. The normalized spacial score (nSPS) is 49.3. The Bertz CT molecular complexity index is 189. The minimum absolute atomic E-state index is 0.0561. The summed E-state index contributed by atoms with van der Waals surface area (Å²) in [5.74, 6) is -0.519. The number of hydrogen-bond donors (Lipinski definition) is 2. The van der Waals surface area contributed by atoms with Gasteiger partial charge in [0.15, 0.2) is 0 Å². The van der Waals surface area contributed by atoms with Crippen LogP contribution in [0, 0.1) is 17.3 Å². The lowest BCUT2D eigenvalue weighted by Gasteiger charge is -1.88. The van der Waals surface area contributed by atoms with Gasteiger partial charge in [0.1, 0.15) is 0 Å². The van der Waals surface area contributed by atoms with Gasteiger partial charge in [-0.3, -0.25) is 4.79 Å². The van der Waals surface area contributed by atoms with Crippen molar-refractivity contribution in [3.05, 3.63) is 0 Å². The molecule has 2 aliphatic rings. The largest absolute Gasteiger partial charge is 0.481 e. The average molecular weight is 142 g/mol. The number of carboxylic acids is 1. The fourth-order valence-corrected chi connectivity index (χ4v) is 1.98. The van der Waals surface area contributed by atoms with E-state index in [1.54, 1.807) is 0 Å². The highest BCUT2D eigenvalue weighted by atomic mass is 16.4. The van der Waals surface area contributed by atoms with Crippen LogP contribution in [0.3, 0.4) is 0 Å². The molecule has 0 saturated heterocycles. The van der Waals surface area contributed by atoms with Crippen molar-refractivity contribution >= 4 is 5.97 Å². The molecule has 3 heteroatoms. The first-order valence-corrected chi connectivity index (χ1v) is 3.54. The van der Waals surface area contributed by atoms with Gasteiger partial charge >= 0.3 is 5.97 Å². The fourth-order valence-electron chi connectivity index (χ4n) is 1.98. The molecule has 2 saturated carbocycles. The van der Waals surface area contributed by atoms with Crippen molar-refractivity contribution in [2.45, 2.75) is 12.8 Å². The Morgan fingerprint density at radius 1 is 1.60 bits per heavy atom. The summed E-state index contributed by atoms with van der Waals surface area (Å²) < 4.78 is 0. The van der Waals surface area contributed by atoms with Gasteiger partial charge in [0.25, 0.3) is 0 Å². The standard InChI is InChI=1S/C7H10O3/c8-3-4-1-7(4)2-5(7)6(9)10/h4-5,8H,1-3H2,(H,9,10)/t4-,5-,7+/m0/s1. The molecule has 0 heterocycles. The maximum Gasteiger partial charge on any atom is 0.307 e. The summed E-state index contributed by atoms with van der Waals surface area (Å²) in [6.45, 7) is 0.170. The van der Waals surface area contributed by atoms with Gasteiger partial charge < -0.3 is 10.2 Å². The minimum atomic E-state index is -0.684. The number of aliphatic hydroxyl groups is 1. The first-order chi connectivity index (χ1) is 4.70. The van der Waals surface area contributed by atoms with Crippen LogP contribution in [0.25, 0.3) is 0 Å². The topological polar surface area (TPSA) is 57.5 Å². The Labute approximate surface area is 58.7 Å². The van der Waals surface area contributed by atoms with Crippen molar-refractivity contribution in [2.75, 3.05) is 6.61 Å². The lowest BCUT2D eigenvalue weighted by atomic mass is 10.2. The van der Waals surface area contributed by atoms with Crippen molar-refractivity contribution in [2.24, 2.45) is 17.3 Å². The second-order valence-corrected chi connectivity index (χ2v) is 3.41. The van der Waals surface area contributed by atoms with E-state index in [0.717, 1.165) is 12.8 Å². The smallest absolute Gasteiger partial charge is 0.307 e. The third-order valence-corrected chi connectivity index (χ3v) is 2.92. The van der Waals surface area contributed by atoms with Gasteiger partial charge in [-0.25, -0.2) is 0 Å². The summed E-state index contributed by atoms with van der Waals surface area (Å²) in [5.41, 5.74) is 0.0561. The zero-order chi connectivity index (χ0) is 7.35. The highest BCUT2D eigenvalue weighted by Gasteiger charge is 2.72. The van der Waals surface area contributed by atoms with Crippen LogP contribution >= 0.6 is 0 Å². The molecule has 0 amide bonds. The summed E-state index contributed by atoms with van der Waals surface area (Å²) in [7, 11) is 0. The molecule has 0 aromatic carbocycles. The highest BCUT2D eigenvalue weighted by molar-refractivity contribution is 5.76. The number of carbonyl (C=O) groups is 1. The predicted octanol–water partition coefficient (Wildman–Crippen LogP) is 0.0895. The van der Waals surface area contributed by atoms with Gasteiger partial charge in [-0.2, -0.15) is 0 Å². The maximum atomic E-state index is 10.4. The number of carboxylic acid groups (broad SMARTS) is 1. The first-order valence-electron chi connectivity index (χ1n) is 3.54. The molecule has 10 heavy (non-hydrogen) atoms. The lowest BCUT2D eigenvalue weighted by molar-refractivity contribution is -0.139. The molecule has 3 nitrogen and oxygen atoms in total. The van der Waals surface area contributed by atoms with Gasteiger partial charge in [0, 0.05) is 6.61 Å². The third-order valence-electron chi connectivity index (χ3n) is 2.92. The van der Waals surface area contributed by atoms with Gasteiger partial charge in [-0.15, -0.1) is 0 Å². The monoisotopic (exact) mass is 142 g/mol. The van der Waals surface area contributed by atoms with E-state index < -0.39 is 5.97 Å². The van der Waals surface area contributed by atoms with Gasteiger partial charge in [0.2, 0.25) is 0 Å². The SMILES string of the molecule is O=C(O)[C@@H]1C[C@@]12C[C@H]2CO. The third kappa shape index (κ3) is 0.560. The summed E-state index contributed by atoms with van der Waals surface area (Å²) in [5, 5.41) is 17.2. The summed E-state index contributed by atoms with van der Waals surface area (Å²) in [6, 6.07) is 0. The Morgan fingerprint density at radius 2 is 2.30 bits per heavy atom. The van der Waals surface area contributed by atoms with Crippen LogP contribution in [0.4, 0.5) is 0 Å². The number of rotatable bonds is 2. The zero-order valence-corrected chi connectivity index (χ0v) is 5.58. The van der Waals surface area contributed by atoms with Crippen molar-refractivity contribution < 1.29 is 15.0 Å². The van der Waals surface area contributed by atoms with Crippen LogP contribution < -0.4 is 0 Å². The van der Waals surface area contributed by atoms with E-state index in [0.29, 0.717) is 5.92 Å². The van der Waals surface area contributed by atoms with E-state index in [1.165, 1.54) is 0 Å². The highest BCUT2D eigenvalue weighted by Crippen LogP contribution is 2.74. The van der Waals surface area contributed by atoms with Crippen LogP contribution in [0.15, 0.2) is 0 Å². The molecule has 2 N–H and O–H groups in total. The second-order valence-electron chi connectivity index (χ2n) is 3.41. The van der Waals surface area contributed by atoms with E-state index in [9.17, 15) is 4.79 Å². The van der Waals surface area contributed by atoms with Gasteiger partial charge in [-0.1, -0.05) is 0 Å². The summed E-state index contributed by atoms with van der Waals surface area (Å²) in [6.07, 6.45) is 1.73. The van der Waals surface area contributed by atoms with Crippen molar-refractivity contribution in [3.63, 3.8) is 0 Å². The van der Waals surface area contributed by atoms with E-state index in [2.05, 4.69) is 0 Å².